The molecule has 6 nitrogen and oxygen atoms in total. The molecule has 0 atom stereocenters. The van der Waals surface area contributed by atoms with Gasteiger partial charge in [0.05, 0.1) is 6.54 Å². The van der Waals surface area contributed by atoms with E-state index in [9.17, 15) is 22.8 Å². The third kappa shape index (κ3) is 4.32. The monoisotopic (exact) mass is 445 g/mol. The summed E-state index contributed by atoms with van der Waals surface area (Å²) in [6.45, 7) is 0.922. The Morgan fingerprint density at radius 2 is 1.81 bits per heavy atom. The summed E-state index contributed by atoms with van der Waals surface area (Å²) >= 11 is 0. The van der Waals surface area contributed by atoms with Gasteiger partial charge in [-0.1, -0.05) is 0 Å². The maximum atomic E-state index is 13.8. The minimum Gasteiger partial charge on any atom is -0.481 e. The number of unbranched alkanes of at least 4 members (excludes halogenated alkanes) is 1. The van der Waals surface area contributed by atoms with Crippen LogP contribution >= 0.6 is 0 Å². The number of rotatable bonds is 7. The van der Waals surface area contributed by atoms with Gasteiger partial charge in [-0.3, -0.25) is 9.59 Å². The molecule has 9 heteroatoms. The second-order valence-electron chi connectivity index (χ2n) is 7.93. The van der Waals surface area contributed by atoms with Crippen LogP contribution in [-0.2, 0) is 29.1 Å². The molecule has 0 fully saturated rings. The summed E-state index contributed by atoms with van der Waals surface area (Å²) in [5.41, 5.74) is 2.75. The Labute approximate surface area is 182 Å². The van der Waals surface area contributed by atoms with Crippen molar-refractivity contribution in [3.63, 3.8) is 0 Å². The molecule has 4 rings (SSSR count). The van der Waals surface area contributed by atoms with Crippen molar-refractivity contribution < 1.29 is 27.9 Å². The number of aromatic nitrogens is 2. The molecule has 3 aromatic rings. The standard InChI is InChI=1S/C23H22F3N3O3/c24-17-10-14(11-18(25)22(17)26)12-29-19-13-28(20(30)5-1-2-6-21(31)32)9-7-15(19)16-4-3-8-27-23(16)29/h3-4,8,10-11H,1-2,5-7,9,12-13H2,(H,31,32). The summed E-state index contributed by atoms with van der Waals surface area (Å²) in [6, 6.07) is 5.67. The molecule has 0 saturated carbocycles. The summed E-state index contributed by atoms with van der Waals surface area (Å²) in [5, 5.41) is 9.65. The molecule has 1 aliphatic heterocycles. The molecule has 0 spiro atoms. The smallest absolute Gasteiger partial charge is 0.303 e. The zero-order chi connectivity index (χ0) is 22.8. The number of carboxylic acids is 1. The topological polar surface area (TPSA) is 75.4 Å². The van der Waals surface area contributed by atoms with E-state index in [0.29, 0.717) is 38.0 Å². The Balaban J connectivity index is 1.61. The molecule has 1 amide bonds. The molecule has 0 bridgehead atoms. The van der Waals surface area contributed by atoms with E-state index in [1.165, 1.54) is 0 Å². The zero-order valence-corrected chi connectivity index (χ0v) is 17.3. The van der Waals surface area contributed by atoms with Crippen LogP contribution in [0.25, 0.3) is 11.0 Å². The predicted octanol–water partition coefficient (Wildman–Crippen LogP) is 4.03. The number of hydrogen-bond acceptors (Lipinski definition) is 3. The van der Waals surface area contributed by atoms with Gasteiger partial charge in [-0.25, -0.2) is 18.2 Å². The van der Waals surface area contributed by atoms with Gasteiger partial charge < -0.3 is 14.6 Å². The Bertz CT molecular complexity index is 1170. The van der Waals surface area contributed by atoms with Gasteiger partial charge in [-0.05, 0) is 54.7 Å². The molecule has 1 aromatic carbocycles. The fourth-order valence-corrected chi connectivity index (χ4v) is 4.24. The van der Waals surface area contributed by atoms with Gasteiger partial charge in [-0.15, -0.1) is 0 Å². The van der Waals surface area contributed by atoms with E-state index >= 15 is 0 Å². The molecule has 1 aliphatic rings. The van der Waals surface area contributed by atoms with Gasteiger partial charge in [0.25, 0.3) is 0 Å². The van der Waals surface area contributed by atoms with Crippen molar-refractivity contribution in [3.05, 3.63) is 64.7 Å². The molecular formula is C23H22F3N3O3. The minimum absolute atomic E-state index is 0.0299. The van der Waals surface area contributed by atoms with E-state index in [2.05, 4.69) is 4.98 Å². The molecule has 3 heterocycles. The average Bonchev–Trinajstić information content (AvgIpc) is 3.08. The van der Waals surface area contributed by atoms with E-state index in [4.69, 9.17) is 5.11 Å². The molecule has 0 unspecified atom stereocenters. The van der Waals surface area contributed by atoms with Crippen molar-refractivity contribution in [2.75, 3.05) is 6.54 Å². The molecule has 32 heavy (non-hydrogen) atoms. The van der Waals surface area contributed by atoms with Crippen molar-refractivity contribution in [1.82, 2.24) is 14.5 Å². The Hall–Kier alpha value is -3.36. The van der Waals surface area contributed by atoms with Crippen LogP contribution in [0.1, 0.15) is 42.5 Å². The maximum absolute atomic E-state index is 13.8. The van der Waals surface area contributed by atoms with Crippen molar-refractivity contribution >= 4 is 22.9 Å². The lowest BCUT2D eigenvalue weighted by molar-refractivity contribution is -0.137. The average molecular weight is 445 g/mol. The number of amides is 1. The van der Waals surface area contributed by atoms with Crippen LogP contribution in [0.4, 0.5) is 13.2 Å². The summed E-state index contributed by atoms with van der Waals surface area (Å²) < 4.78 is 42.7. The van der Waals surface area contributed by atoms with Crippen LogP contribution in [0.3, 0.4) is 0 Å². The van der Waals surface area contributed by atoms with Crippen LogP contribution < -0.4 is 0 Å². The number of carbonyl (C=O) groups is 2. The first-order chi connectivity index (χ1) is 15.3. The van der Waals surface area contributed by atoms with E-state index in [-0.39, 0.29) is 30.9 Å². The SMILES string of the molecule is O=C(O)CCCCC(=O)N1CCc2c(n(Cc3cc(F)c(F)c(F)c3)c3ncccc23)C1. The summed E-state index contributed by atoms with van der Waals surface area (Å²) in [6.07, 6.45) is 3.45. The fourth-order valence-electron chi connectivity index (χ4n) is 4.24. The number of benzene rings is 1. The van der Waals surface area contributed by atoms with Crippen LogP contribution in [0.5, 0.6) is 0 Å². The first-order valence-corrected chi connectivity index (χ1v) is 10.4. The third-order valence-electron chi connectivity index (χ3n) is 5.78. The number of fused-ring (bicyclic) bond motifs is 3. The van der Waals surface area contributed by atoms with E-state index in [0.717, 1.165) is 28.8 Å². The number of nitrogens with zero attached hydrogens (tertiary/aromatic N) is 3. The summed E-state index contributed by atoms with van der Waals surface area (Å²) in [4.78, 5) is 29.5. The molecule has 1 N–H and O–H groups in total. The number of halogens is 3. The number of carbonyl (C=O) groups excluding carboxylic acids is 1. The zero-order valence-electron chi connectivity index (χ0n) is 17.3. The Morgan fingerprint density at radius 1 is 1.09 bits per heavy atom. The predicted molar refractivity (Wildman–Crippen MR) is 110 cm³/mol. The van der Waals surface area contributed by atoms with Crippen molar-refractivity contribution in [3.8, 4) is 0 Å². The lowest BCUT2D eigenvalue weighted by Gasteiger charge is -2.28. The van der Waals surface area contributed by atoms with Gasteiger partial charge in [0.2, 0.25) is 5.91 Å². The van der Waals surface area contributed by atoms with E-state index < -0.39 is 23.4 Å². The molecule has 2 aromatic heterocycles. The van der Waals surface area contributed by atoms with Crippen LogP contribution in [0, 0.1) is 17.5 Å². The highest BCUT2D eigenvalue weighted by Crippen LogP contribution is 2.31. The fraction of sp³-hybridized carbons (Fsp3) is 0.348. The number of pyridine rings is 1. The van der Waals surface area contributed by atoms with Crippen molar-refractivity contribution in [1.29, 1.82) is 0 Å². The summed E-state index contributed by atoms with van der Waals surface area (Å²) in [7, 11) is 0. The highest BCUT2D eigenvalue weighted by molar-refractivity contribution is 5.84. The molecule has 0 saturated heterocycles. The van der Waals surface area contributed by atoms with Crippen molar-refractivity contribution in [2.24, 2.45) is 0 Å². The number of carboxylic acid groups (broad SMARTS) is 1. The number of aliphatic carboxylic acids is 1. The minimum atomic E-state index is -1.51. The highest BCUT2D eigenvalue weighted by atomic mass is 19.2. The van der Waals surface area contributed by atoms with Gasteiger partial charge in [-0.2, -0.15) is 0 Å². The van der Waals surface area contributed by atoms with E-state index in [1.54, 1.807) is 11.1 Å². The molecular weight excluding hydrogens is 423 g/mol. The first kappa shape index (κ1) is 21.9. The highest BCUT2D eigenvalue weighted by Gasteiger charge is 2.27. The van der Waals surface area contributed by atoms with Gasteiger partial charge >= 0.3 is 5.97 Å². The van der Waals surface area contributed by atoms with Crippen LogP contribution in [-0.4, -0.2) is 38.0 Å². The molecule has 0 aliphatic carbocycles. The molecule has 168 valence electrons. The van der Waals surface area contributed by atoms with Gasteiger partial charge in [0.15, 0.2) is 17.5 Å². The Kier molecular flexibility index (Phi) is 6.16. The van der Waals surface area contributed by atoms with Crippen LogP contribution in [0.2, 0.25) is 0 Å². The van der Waals surface area contributed by atoms with Gasteiger partial charge in [0.1, 0.15) is 5.65 Å². The second-order valence-corrected chi connectivity index (χ2v) is 7.93. The van der Waals surface area contributed by atoms with Crippen LogP contribution in [0.15, 0.2) is 30.5 Å². The van der Waals surface area contributed by atoms with E-state index in [1.807, 2.05) is 16.7 Å². The lowest BCUT2D eigenvalue weighted by atomic mass is 10.0. The number of hydrogen-bond donors (Lipinski definition) is 1. The lowest BCUT2D eigenvalue weighted by Crippen LogP contribution is -2.36. The maximum Gasteiger partial charge on any atom is 0.303 e. The van der Waals surface area contributed by atoms with Crippen molar-refractivity contribution in [2.45, 2.75) is 45.2 Å². The third-order valence-corrected chi connectivity index (χ3v) is 5.78. The molecule has 0 radical (unpaired) electrons. The quantitative estimate of drug-likeness (QED) is 0.440. The van der Waals surface area contributed by atoms with Gasteiger partial charge in [0, 0.05) is 43.2 Å². The normalized spacial score (nSPS) is 13.4. The Morgan fingerprint density at radius 3 is 2.53 bits per heavy atom. The first-order valence-electron chi connectivity index (χ1n) is 10.4. The summed E-state index contributed by atoms with van der Waals surface area (Å²) in [5.74, 6) is -4.96. The second kappa shape index (κ2) is 9.02. The largest absolute Gasteiger partial charge is 0.481 e.